The van der Waals surface area contributed by atoms with Crippen LogP contribution in [0.15, 0.2) is 41.4 Å². The third-order valence-electron chi connectivity index (χ3n) is 2.61. The third kappa shape index (κ3) is 3.19. The van der Waals surface area contributed by atoms with Gasteiger partial charge >= 0.3 is 5.51 Å². The van der Waals surface area contributed by atoms with Gasteiger partial charge in [-0.2, -0.15) is 13.2 Å². The highest BCUT2D eigenvalue weighted by atomic mass is 32.2. The molecule has 0 saturated carbocycles. The Morgan fingerprint density at radius 1 is 1.14 bits per heavy atom. The Labute approximate surface area is 123 Å². The minimum Gasteiger partial charge on any atom is -0.454 e. The van der Waals surface area contributed by atoms with Gasteiger partial charge in [-0.15, -0.1) is 0 Å². The standard InChI is InChI=1S/C13H9F4NO3S/c1-8-2-4-10(7-18-8)21-11-5-3-9(14)6-12(11)22(19,20)13(15,16)17/h2-7H,1H3. The van der Waals surface area contributed by atoms with Crippen LogP contribution in [0.5, 0.6) is 11.5 Å². The molecule has 0 aliphatic heterocycles. The zero-order valence-corrected chi connectivity index (χ0v) is 11.9. The van der Waals surface area contributed by atoms with E-state index in [2.05, 4.69) is 4.98 Å². The molecule has 1 aromatic carbocycles. The number of aryl methyl sites for hydroxylation is 1. The fourth-order valence-electron chi connectivity index (χ4n) is 1.54. The lowest BCUT2D eigenvalue weighted by Gasteiger charge is -2.13. The average Bonchev–Trinajstić information content (AvgIpc) is 2.42. The van der Waals surface area contributed by atoms with Crippen molar-refractivity contribution in [3.63, 3.8) is 0 Å². The Hall–Kier alpha value is -2.16. The van der Waals surface area contributed by atoms with Crippen molar-refractivity contribution in [2.75, 3.05) is 0 Å². The summed E-state index contributed by atoms with van der Waals surface area (Å²) in [6.07, 6.45) is 1.21. The summed E-state index contributed by atoms with van der Waals surface area (Å²) in [5, 5.41) is 0. The van der Waals surface area contributed by atoms with Gasteiger partial charge in [0.25, 0.3) is 9.84 Å². The Morgan fingerprint density at radius 3 is 2.36 bits per heavy atom. The number of halogens is 4. The summed E-state index contributed by atoms with van der Waals surface area (Å²) in [4.78, 5) is 2.57. The summed E-state index contributed by atoms with van der Waals surface area (Å²) in [6.45, 7) is 1.68. The molecule has 1 aromatic heterocycles. The number of ether oxygens (including phenoxy) is 1. The van der Waals surface area contributed by atoms with Crippen molar-refractivity contribution in [1.29, 1.82) is 0 Å². The molecule has 22 heavy (non-hydrogen) atoms. The van der Waals surface area contributed by atoms with Crippen molar-refractivity contribution in [2.24, 2.45) is 0 Å². The molecule has 0 spiro atoms. The summed E-state index contributed by atoms with van der Waals surface area (Å²) >= 11 is 0. The van der Waals surface area contributed by atoms with E-state index in [1.165, 1.54) is 18.3 Å². The van der Waals surface area contributed by atoms with Crippen molar-refractivity contribution in [3.8, 4) is 11.5 Å². The van der Waals surface area contributed by atoms with Crippen LogP contribution in [0.1, 0.15) is 5.69 Å². The monoisotopic (exact) mass is 335 g/mol. The summed E-state index contributed by atoms with van der Waals surface area (Å²) < 4.78 is 79.2. The smallest absolute Gasteiger partial charge is 0.454 e. The zero-order chi connectivity index (χ0) is 16.5. The first kappa shape index (κ1) is 16.2. The molecule has 4 nitrogen and oxygen atoms in total. The molecule has 0 atom stereocenters. The summed E-state index contributed by atoms with van der Waals surface area (Å²) in [5.74, 6) is -1.74. The van der Waals surface area contributed by atoms with Crippen LogP contribution in [0, 0.1) is 12.7 Å². The Bertz CT molecular complexity index is 786. The van der Waals surface area contributed by atoms with E-state index in [9.17, 15) is 26.0 Å². The molecule has 2 rings (SSSR count). The molecule has 0 saturated heterocycles. The highest BCUT2D eigenvalue weighted by molar-refractivity contribution is 7.92. The second kappa shape index (κ2) is 5.56. The van der Waals surface area contributed by atoms with Crippen LogP contribution in [0.4, 0.5) is 17.6 Å². The molecule has 2 aromatic rings. The van der Waals surface area contributed by atoms with E-state index >= 15 is 0 Å². The number of hydrogen-bond donors (Lipinski definition) is 0. The van der Waals surface area contributed by atoms with Crippen molar-refractivity contribution in [1.82, 2.24) is 4.98 Å². The first-order chi connectivity index (χ1) is 10.1. The molecule has 118 valence electrons. The average molecular weight is 335 g/mol. The molecule has 0 N–H and O–H groups in total. The number of pyridine rings is 1. The molecule has 0 bridgehead atoms. The number of alkyl halides is 3. The lowest BCUT2D eigenvalue weighted by atomic mass is 10.3. The second-order valence-electron chi connectivity index (χ2n) is 4.28. The van der Waals surface area contributed by atoms with Gasteiger partial charge in [0.1, 0.15) is 22.2 Å². The molecule has 0 radical (unpaired) electrons. The summed E-state index contributed by atoms with van der Waals surface area (Å²) in [7, 11) is -5.74. The highest BCUT2D eigenvalue weighted by Gasteiger charge is 2.48. The van der Waals surface area contributed by atoms with Gasteiger partial charge in [-0.1, -0.05) is 0 Å². The molecule has 0 aliphatic carbocycles. The van der Waals surface area contributed by atoms with E-state index in [-0.39, 0.29) is 11.8 Å². The summed E-state index contributed by atoms with van der Waals surface area (Å²) in [6, 6.07) is 4.80. The zero-order valence-electron chi connectivity index (χ0n) is 11.1. The van der Waals surface area contributed by atoms with E-state index in [1.54, 1.807) is 6.92 Å². The normalized spacial score (nSPS) is 12.2. The summed E-state index contributed by atoms with van der Waals surface area (Å²) in [5.41, 5.74) is -4.93. The van der Waals surface area contributed by atoms with Gasteiger partial charge in [0.2, 0.25) is 0 Å². The first-order valence-corrected chi connectivity index (χ1v) is 7.31. The maximum Gasteiger partial charge on any atom is 0.502 e. The lowest BCUT2D eigenvalue weighted by Crippen LogP contribution is -2.23. The van der Waals surface area contributed by atoms with Gasteiger partial charge in [0.05, 0.1) is 6.20 Å². The molecular formula is C13H9F4NO3S. The Morgan fingerprint density at radius 2 is 1.82 bits per heavy atom. The SMILES string of the molecule is Cc1ccc(Oc2ccc(F)cc2S(=O)(=O)C(F)(F)F)cn1. The van der Waals surface area contributed by atoms with Crippen LogP contribution in [0.2, 0.25) is 0 Å². The third-order valence-corrected chi connectivity index (χ3v) is 4.12. The first-order valence-electron chi connectivity index (χ1n) is 5.82. The molecule has 9 heteroatoms. The van der Waals surface area contributed by atoms with Crippen molar-refractivity contribution in [3.05, 3.63) is 48.0 Å². The van der Waals surface area contributed by atoms with Crippen LogP contribution < -0.4 is 4.74 Å². The fraction of sp³-hybridized carbons (Fsp3) is 0.154. The quantitative estimate of drug-likeness (QED) is 0.804. The number of hydrogen-bond acceptors (Lipinski definition) is 4. The number of sulfone groups is 1. The van der Waals surface area contributed by atoms with E-state index in [0.29, 0.717) is 5.69 Å². The molecular weight excluding hydrogens is 326 g/mol. The van der Waals surface area contributed by atoms with E-state index in [1.807, 2.05) is 0 Å². The second-order valence-corrected chi connectivity index (χ2v) is 6.19. The van der Waals surface area contributed by atoms with E-state index in [4.69, 9.17) is 4.74 Å². The van der Waals surface area contributed by atoms with Crippen molar-refractivity contribution < 1.29 is 30.7 Å². The van der Waals surface area contributed by atoms with Gasteiger partial charge in [-0.3, -0.25) is 4.98 Å². The van der Waals surface area contributed by atoms with Crippen molar-refractivity contribution in [2.45, 2.75) is 17.3 Å². The molecule has 0 fully saturated rings. The maximum atomic E-state index is 13.2. The Kier molecular flexibility index (Phi) is 4.10. The fourth-order valence-corrected chi connectivity index (χ4v) is 2.43. The van der Waals surface area contributed by atoms with Gasteiger partial charge in [0, 0.05) is 5.69 Å². The minimum absolute atomic E-state index is 0.0239. The van der Waals surface area contributed by atoms with Gasteiger partial charge in [-0.05, 0) is 37.3 Å². The lowest BCUT2D eigenvalue weighted by molar-refractivity contribution is -0.0437. The van der Waals surface area contributed by atoms with Crippen molar-refractivity contribution >= 4 is 9.84 Å². The molecule has 0 aliphatic rings. The Balaban J connectivity index is 2.51. The predicted molar refractivity (Wildman–Crippen MR) is 68.7 cm³/mol. The van der Waals surface area contributed by atoms with Crippen LogP contribution in [0.25, 0.3) is 0 Å². The number of aromatic nitrogens is 1. The molecule has 0 unspecified atom stereocenters. The van der Waals surface area contributed by atoms with E-state index < -0.39 is 31.8 Å². The molecule has 1 heterocycles. The van der Waals surface area contributed by atoms with Crippen LogP contribution >= 0.6 is 0 Å². The largest absolute Gasteiger partial charge is 0.502 e. The van der Waals surface area contributed by atoms with Gasteiger partial charge < -0.3 is 4.74 Å². The highest BCUT2D eigenvalue weighted by Crippen LogP contribution is 2.37. The number of rotatable bonds is 3. The van der Waals surface area contributed by atoms with E-state index in [0.717, 1.165) is 12.1 Å². The van der Waals surface area contributed by atoms with Crippen LogP contribution in [-0.2, 0) is 9.84 Å². The topological polar surface area (TPSA) is 56.3 Å². The number of nitrogens with zero attached hydrogens (tertiary/aromatic N) is 1. The molecule has 0 amide bonds. The van der Waals surface area contributed by atoms with Crippen LogP contribution in [0.3, 0.4) is 0 Å². The van der Waals surface area contributed by atoms with Gasteiger partial charge in [-0.25, -0.2) is 12.8 Å². The number of benzene rings is 1. The van der Waals surface area contributed by atoms with Crippen LogP contribution in [-0.4, -0.2) is 18.9 Å². The maximum absolute atomic E-state index is 13.2. The minimum atomic E-state index is -5.74. The predicted octanol–water partition coefficient (Wildman–Crippen LogP) is 3.61. The van der Waals surface area contributed by atoms with Gasteiger partial charge in [0.15, 0.2) is 0 Å².